The van der Waals surface area contributed by atoms with Gasteiger partial charge in [-0.1, -0.05) is 30.3 Å². The van der Waals surface area contributed by atoms with Crippen LogP contribution in [-0.4, -0.2) is 26.0 Å². The Hall–Kier alpha value is -2.86. The summed E-state index contributed by atoms with van der Waals surface area (Å²) in [6.07, 6.45) is 8.34. The Bertz CT molecular complexity index is 811. The van der Waals surface area contributed by atoms with Gasteiger partial charge in [0.1, 0.15) is 9.88 Å². The lowest BCUT2D eigenvalue weighted by Crippen LogP contribution is -1.89. The highest BCUT2D eigenvalue weighted by molar-refractivity contribution is 7.14. The van der Waals surface area contributed by atoms with E-state index in [9.17, 15) is 4.79 Å². The first-order chi connectivity index (χ1) is 10.7. The highest BCUT2D eigenvalue weighted by Crippen LogP contribution is 2.17. The fourth-order valence-corrected chi connectivity index (χ4v) is 2.45. The maximum Gasteiger partial charge on any atom is 0.347 e. The van der Waals surface area contributed by atoms with Crippen molar-refractivity contribution in [2.75, 3.05) is 0 Å². The van der Waals surface area contributed by atoms with E-state index in [1.165, 1.54) is 6.20 Å². The maximum absolute atomic E-state index is 10.8. The number of carboxylic acids is 1. The highest BCUT2D eigenvalue weighted by Gasteiger charge is 2.06. The molecule has 1 aromatic carbocycles. The van der Waals surface area contributed by atoms with Crippen LogP contribution in [0.2, 0.25) is 0 Å². The number of benzene rings is 1. The lowest BCUT2D eigenvalue weighted by molar-refractivity contribution is 0.0702. The average molecular weight is 309 g/mol. The first-order valence-electron chi connectivity index (χ1n) is 6.47. The number of aromatic carboxylic acids is 1. The number of aromatic nitrogens is 3. The summed E-state index contributed by atoms with van der Waals surface area (Å²) >= 11 is 1.12. The van der Waals surface area contributed by atoms with Crippen molar-refractivity contribution < 1.29 is 9.90 Å². The van der Waals surface area contributed by atoms with Gasteiger partial charge in [-0.25, -0.2) is 19.7 Å². The normalized spacial score (nSPS) is 10.9. The molecule has 0 atom stereocenters. The van der Waals surface area contributed by atoms with Crippen LogP contribution in [0.3, 0.4) is 0 Å². The van der Waals surface area contributed by atoms with E-state index >= 15 is 0 Å². The Morgan fingerprint density at radius 2 is 1.73 bits per heavy atom. The van der Waals surface area contributed by atoms with Crippen molar-refractivity contribution in [1.82, 2.24) is 15.0 Å². The monoisotopic (exact) mass is 309 g/mol. The maximum atomic E-state index is 10.8. The molecule has 0 radical (unpaired) electrons. The van der Waals surface area contributed by atoms with E-state index in [-0.39, 0.29) is 4.88 Å². The summed E-state index contributed by atoms with van der Waals surface area (Å²) in [5.41, 5.74) is 1.79. The molecule has 0 aliphatic heterocycles. The summed E-state index contributed by atoms with van der Waals surface area (Å²) in [5, 5.41) is 9.48. The molecule has 6 heteroatoms. The Kier molecular flexibility index (Phi) is 4.02. The van der Waals surface area contributed by atoms with Crippen LogP contribution in [-0.2, 0) is 0 Å². The van der Waals surface area contributed by atoms with Gasteiger partial charge in [-0.15, -0.1) is 11.3 Å². The fraction of sp³-hybridized carbons (Fsp3) is 0. The second-order valence-corrected chi connectivity index (χ2v) is 5.47. The number of rotatable bonds is 4. The van der Waals surface area contributed by atoms with Crippen LogP contribution in [0.25, 0.3) is 23.5 Å². The number of nitrogens with zero attached hydrogens (tertiary/aromatic N) is 3. The zero-order valence-corrected chi connectivity index (χ0v) is 12.2. The molecule has 5 nitrogen and oxygen atoms in total. The van der Waals surface area contributed by atoms with Crippen LogP contribution in [0, 0.1) is 0 Å². The smallest absolute Gasteiger partial charge is 0.347 e. The van der Waals surface area contributed by atoms with Crippen molar-refractivity contribution in [1.29, 1.82) is 0 Å². The van der Waals surface area contributed by atoms with Gasteiger partial charge in [0.25, 0.3) is 0 Å². The third kappa shape index (κ3) is 3.24. The zero-order valence-electron chi connectivity index (χ0n) is 11.4. The molecule has 0 aliphatic rings. The van der Waals surface area contributed by atoms with Gasteiger partial charge in [0.05, 0.1) is 6.20 Å². The van der Waals surface area contributed by atoms with E-state index < -0.39 is 5.97 Å². The summed E-state index contributed by atoms with van der Waals surface area (Å²) in [4.78, 5) is 23.7. The van der Waals surface area contributed by atoms with Crippen molar-refractivity contribution in [2.45, 2.75) is 0 Å². The second kappa shape index (κ2) is 6.28. The third-order valence-corrected chi connectivity index (χ3v) is 3.81. The molecule has 0 saturated carbocycles. The van der Waals surface area contributed by atoms with E-state index in [1.807, 2.05) is 30.3 Å². The summed E-state index contributed by atoms with van der Waals surface area (Å²) in [6.45, 7) is 0. The first-order valence-corrected chi connectivity index (χ1v) is 7.29. The number of thiazole rings is 1. The standard InChI is InChI=1S/C16H11N3O2S/c20-16(21)13-10-17-14(22-13)7-6-11-8-18-15(19-9-11)12-4-2-1-3-5-12/h1-10H,(H,20,21). The number of carbonyl (C=O) groups is 1. The number of carboxylic acid groups (broad SMARTS) is 1. The Morgan fingerprint density at radius 1 is 1.00 bits per heavy atom. The minimum Gasteiger partial charge on any atom is -0.477 e. The Labute approximate surface area is 130 Å². The molecular weight excluding hydrogens is 298 g/mol. The summed E-state index contributed by atoms with van der Waals surface area (Å²) in [5.74, 6) is -0.298. The van der Waals surface area contributed by atoms with Gasteiger partial charge in [0, 0.05) is 23.5 Å². The van der Waals surface area contributed by atoms with Crippen molar-refractivity contribution in [3.63, 3.8) is 0 Å². The van der Waals surface area contributed by atoms with Gasteiger partial charge in [0.2, 0.25) is 0 Å². The molecule has 108 valence electrons. The predicted molar refractivity (Wildman–Crippen MR) is 85.5 cm³/mol. The van der Waals surface area contributed by atoms with Gasteiger partial charge in [-0.2, -0.15) is 0 Å². The van der Waals surface area contributed by atoms with Gasteiger partial charge in [0.15, 0.2) is 5.82 Å². The highest BCUT2D eigenvalue weighted by atomic mass is 32.1. The predicted octanol–water partition coefficient (Wildman–Crippen LogP) is 3.47. The fourth-order valence-electron chi connectivity index (χ4n) is 1.79. The van der Waals surface area contributed by atoms with Crippen molar-refractivity contribution in [3.8, 4) is 11.4 Å². The van der Waals surface area contributed by atoms with E-state index in [2.05, 4.69) is 15.0 Å². The molecule has 0 bridgehead atoms. The van der Waals surface area contributed by atoms with Gasteiger partial charge in [-0.05, 0) is 12.2 Å². The molecular formula is C16H11N3O2S. The molecule has 0 aliphatic carbocycles. The minimum absolute atomic E-state index is 0.218. The lowest BCUT2D eigenvalue weighted by atomic mass is 10.2. The topological polar surface area (TPSA) is 76.0 Å². The number of hydrogen-bond donors (Lipinski definition) is 1. The van der Waals surface area contributed by atoms with Gasteiger partial charge in [-0.3, -0.25) is 0 Å². The molecule has 3 rings (SSSR count). The molecule has 0 spiro atoms. The summed E-state index contributed by atoms with van der Waals surface area (Å²) in [6, 6.07) is 9.73. The van der Waals surface area contributed by atoms with Crippen LogP contribution in [0.15, 0.2) is 48.9 Å². The molecule has 22 heavy (non-hydrogen) atoms. The van der Waals surface area contributed by atoms with Crippen LogP contribution >= 0.6 is 11.3 Å². The Balaban J connectivity index is 1.75. The van der Waals surface area contributed by atoms with Crippen LogP contribution < -0.4 is 0 Å². The second-order valence-electron chi connectivity index (χ2n) is 4.41. The van der Waals surface area contributed by atoms with Crippen LogP contribution in [0.5, 0.6) is 0 Å². The van der Waals surface area contributed by atoms with Crippen molar-refractivity contribution in [2.24, 2.45) is 0 Å². The first kappa shape index (κ1) is 14.1. The molecule has 2 aromatic heterocycles. The van der Waals surface area contributed by atoms with E-state index in [0.717, 1.165) is 22.5 Å². The third-order valence-electron chi connectivity index (χ3n) is 2.86. The van der Waals surface area contributed by atoms with Gasteiger partial charge < -0.3 is 5.11 Å². The van der Waals surface area contributed by atoms with Crippen molar-refractivity contribution in [3.05, 3.63) is 64.4 Å². The van der Waals surface area contributed by atoms with E-state index in [1.54, 1.807) is 24.5 Å². The SMILES string of the molecule is O=C(O)c1cnc(C=Cc2cnc(-c3ccccc3)nc2)s1. The van der Waals surface area contributed by atoms with Crippen LogP contribution in [0.1, 0.15) is 20.2 Å². The summed E-state index contributed by atoms with van der Waals surface area (Å²) in [7, 11) is 0. The van der Waals surface area contributed by atoms with Crippen LogP contribution in [0.4, 0.5) is 0 Å². The van der Waals surface area contributed by atoms with E-state index in [4.69, 9.17) is 5.11 Å². The largest absolute Gasteiger partial charge is 0.477 e. The quantitative estimate of drug-likeness (QED) is 0.798. The molecule has 1 N–H and O–H groups in total. The summed E-state index contributed by atoms with van der Waals surface area (Å²) < 4.78 is 0. The Morgan fingerprint density at radius 3 is 2.36 bits per heavy atom. The lowest BCUT2D eigenvalue weighted by Gasteiger charge is -1.99. The molecule has 0 saturated heterocycles. The molecule has 0 unspecified atom stereocenters. The molecule has 2 heterocycles. The van der Waals surface area contributed by atoms with Crippen molar-refractivity contribution >= 4 is 29.5 Å². The number of hydrogen-bond acceptors (Lipinski definition) is 5. The van der Waals surface area contributed by atoms with Gasteiger partial charge >= 0.3 is 5.97 Å². The minimum atomic E-state index is -0.965. The average Bonchev–Trinajstić information content (AvgIpc) is 3.04. The van der Waals surface area contributed by atoms with E-state index in [0.29, 0.717) is 10.8 Å². The zero-order chi connectivity index (χ0) is 15.4. The molecule has 3 aromatic rings. The molecule has 0 fully saturated rings. The molecule has 0 amide bonds.